The van der Waals surface area contributed by atoms with Crippen LogP contribution in [0.15, 0.2) is 23.1 Å². The molecule has 1 heterocycles. The van der Waals surface area contributed by atoms with Gasteiger partial charge in [-0.3, -0.25) is 0 Å². The number of rotatable bonds is 5. The first-order valence-electron chi connectivity index (χ1n) is 7.31. The second kappa shape index (κ2) is 8.15. The fraction of sp³-hybridized carbons (Fsp3) is 0.600. The Morgan fingerprint density at radius 2 is 2.14 bits per heavy atom. The van der Waals surface area contributed by atoms with Crippen molar-refractivity contribution in [2.45, 2.75) is 37.6 Å². The maximum atomic E-state index is 12.5. The lowest BCUT2D eigenvalue weighted by Crippen LogP contribution is -2.44. The molecule has 1 aromatic rings. The maximum Gasteiger partial charge on any atom is 0.240 e. The van der Waals surface area contributed by atoms with Crippen molar-refractivity contribution in [2.24, 2.45) is 5.92 Å². The van der Waals surface area contributed by atoms with Gasteiger partial charge in [0.2, 0.25) is 10.0 Å². The zero-order chi connectivity index (χ0) is 15.5. The Morgan fingerprint density at radius 1 is 1.41 bits per heavy atom. The van der Waals surface area contributed by atoms with E-state index in [4.69, 9.17) is 4.74 Å². The van der Waals surface area contributed by atoms with Gasteiger partial charge >= 0.3 is 0 Å². The van der Waals surface area contributed by atoms with Crippen LogP contribution in [-0.4, -0.2) is 34.7 Å². The number of hydrogen-bond acceptors (Lipinski definition) is 4. The van der Waals surface area contributed by atoms with Crippen LogP contribution >= 0.6 is 12.4 Å². The van der Waals surface area contributed by atoms with E-state index in [2.05, 4.69) is 10.0 Å². The van der Waals surface area contributed by atoms with Crippen LogP contribution in [-0.2, 0) is 10.0 Å². The van der Waals surface area contributed by atoms with Crippen molar-refractivity contribution >= 4 is 22.4 Å². The molecular weight excluding hydrogens is 324 g/mol. The molecule has 1 saturated heterocycles. The lowest BCUT2D eigenvalue weighted by Gasteiger charge is -2.28. The molecule has 0 aliphatic carbocycles. The fourth-order valence-corrected chi connectivity index (χ4v) is 4.13. The smallest absolute Gasteiger partial charge is 0.240 e. The summed E-state index contributed by atoms with van der Waals surface area (Å²) < 4.78 is 32.9. The highest BCUT2D eigenvalue weighted by Gasteiger charge is 2.25. The van der Waals surface area contributed by atoms with Crippen LogP contribution in [0.25, 0.3) is 0 Å². The molecule has 0 saturated carbocycles. The minimum atomic E-state index is -3.49. The molecular formula is C15H25ClN2O3S. The summed E-state index contributed by atoms with van der Waals surface area (Å²) in [6.07, 6.45) is 2.15. The van der Waals surface area contributed by atoms with Crippen molar-refractivity contribution in [3.05, 3.63) is 23.8 Å². The van der Waals surface area contributed by atoms with E-state index in [-0.39, 0.29) is 23.3 Å². The molecule has 0 spiro atoms. The molecule has 0 amide bonds. The Hall–Kier alpha value is -0.820. The van der Waals surface area contributed by atoms with Gasteiger partial charge in [0.05, 0.1) is 12.0 Å². The monoisotopic (exact) mass is 348 g/mol. The van der Waals surface area contributed by atoms with Crippen LogP contribution in [0.3, 0.4) is 0 Å². The van der Waals surface area contributed by atoms with Gasteiger partial charge in [0.1, 0.15) is 5.75 Å². The standard InChI is InChI=1S/C15H24N2O3S.ClH/c1-11-9-14(6-7-15(11)20-3)21(18,19)17-12(2)13-5-4-8-16-10-13;/h6-7,9,12-13,16-17H,4-5,8,10H2,1-3H3;1H. The van der Waals surface area contributed by atoms with Gasteiger partial charge in [-0.15, -0.1) is 12.4 Å². The van der Waals surface area contributed by atoms with Crippen molar-refractivity contribution in [3.8, 4) is 5.75 Å². The molecule has 1 aromatic carbocycles. The average Bonchev–Trinajstić information content (AvgIpc) is 2.47. The van der Waals surface area contributed by atoms with Gasteiger partial charge in [-0.2, -0.15) is 0 Å². The van der Waals surface area contributed by atoms with Crippen molar-refractivity contribution in [3.63, 3.8) is 0 Å². The molecule has 126 valence electrons. The van der Waals surface area contributed by atoms with Gasteiger partial charge in [-0.25, -0.2) is 13.1 Å². The highest BCUT2D eigenvalue weighted by atomic mass is 35.5. The molecule has 2 rings (SSSR count). The molecule has 5 nitrogen and oxygen atoms in total. The summed E-state index contributed by atoms with van der Waals surface area (Å²) in [4.78, 5) is 0.288. The summed E-state index contributed by atoms with van der Waals surface area (Å²) >= 11 is 0. The molecule has 1 aliphatic rings. The molecule has 7 heteroatoms. The molecule has 0 radical (unpaired) electrons. The van der Waals surface area contributed by atoms with Crippen LogP contribution in [0.1, 0.15) is 25.3 Å². The van der Waals surface area contributed by atoms with Crippen LogP contribution in [0.4, 0.5) is 0 Å². The number of halogens is 1. The van der Waals surface area contributed by atoms with Crippen LogP contribution in [0, 0.1) is 12.8 Å². The number of piperidine rings is 1. The lowest BCUT2D eigenvalue weighted by atomic mass is 9.94. The van der Waals surface area contributed by atoms with Crippen LogP contribution in [0.2, 0.25) is 0 Å². The Bertz CT molecular complexity index is 586. The predicted molar refractivity (Wildman–Crippen MR) is 90.4 cm³/mol. The van der Waals surface area contributed by atoms with Crippen LogP contribution in [0.5, 0.6) is 5.75 Å². The number of ether oxygens (including phenoxy) is 1. The Labute approximate surface area is 139 Å². The number of benzene rings is 1. The number of nitrogens with one attached hydrogen (secondary N) is 2. The first-order valence-corrected chi connectivity index (χ1v) is 8.80. The van der Waals surface area contributed by atoms with Crippen LogP contribution < -0.4 is 14.8 Å². The predicted octanol–water partition coefficient (Wildman–Crippen LogP) is 2.09. The van der Waals surface area contributed by atoms with Crippen molar-refractivity contribution in [1.82, 2.24) is 10.0 Å². The SMILES string of the molecule is COc1ccc(S(=O)(=O)NC(C)C2CCCNC2)cc1C.Cl. The highest BCUT2D eigenvalue weighted by molar-refractivity contribution is 7.89. The molecule has 2 atom stereocenters. The topological polar surface area (TPSA) is 67.4 Å². The molecule has 0 aromatic heterocycles. The molecule has 22 heavy (non-hydrogen) atoms. The Balaban J connectivity index is 0.00000242. The summed E-state index contributed by atoms with van der Waals surface area (Å²) in [5, 5.41) is 3.31. The van der Waals surface area contributed by atoms with Crippen molar-refractivity contribution in [2.75, 3.05) is 20.2 Å². The fourth-order valence-electron chi connectivity index (χ4n) is 2.73. The quantitative estimate of drug-likeness (QED) is 0.855. The largest absolute Gasteiger partial charge is 0.496 e. The van der Waals surface area contributed by atoms with E-state index in [0.29, 0.717) is 11.7 Å². The number of aryl methyl sites for hydroxylation is 1. The summed E-state index contributed by atoms with van der Waals surface area (Å²) in [6, 6.07) is 4.84. The molecule has 1 fully saturated rings. The number of hydrogen-bond donors (Lipinski definition) is 2. The Morgan fingerprint density at radius 3 is 2.68 bits per heavy atom. The molecule has 0 bridgehead atoms. The van der Waals surface area contributed by atoms with Gasteiger partial charge in [-0.1, -0.05) is 0 Å². The van der Waals surface area contributed by atoms with Gasteiger partial charge in [0.15, 0.2) is 0 Å². The summed E-state index contributed by atoms with van der Waals surface area (Å²) in [6.45, 7) is 5.66. The molecule has 1 aliphatic heterocycles. The minimum absolute atomic E-state index is 0. The van der Waals surface area contributed by atoms with Crippen molar-refractivity contribution in [1.29, 1.82) is 0 Å². The van der Waals surface area contributed by atoms with Gasteiger partial charge in [0, 0.05) is 6.04 Å². The summed E-state index contributed by atoms with van der Waals surface area (Å²) in [5.41, 5.74) is 0.812. The zero-order valence-corrected chi connectivity index (χ0v) is 14.9. The summed E-state index contributed by atoms with van der Waals surface area (Å²) in [7, 11) is -1.91. The van der Waals surface area contributed by atoms with E-state index in [0.717, 1.165) is 31.5 Å². The first kappa shape index (κ1) is 19.2. The maximum absolute atomic E-state index is 12.5. The summed E-state index contributed by atoms with van der Waals surface area (Å²) in [5.74, 6) is 1.03. The Kier molecular flexibility index (Phi) is 7.12. The third-order valence-corrected chi connectivity index (χ3v) is 5.62. The number of methoxy groups -OCH3 is 1. The third kappa shape index (κ3) is 4.59. The molecule has 2 N–H and O–H groups in total. The normalized spacial score (nSPS) is 20.0. The second-order valence-electron chi connectivity index (χ2n) is 5.65. The second-order valence-corrected chi connectivity index (χ2v) is 7.36. The highest BCUT2D eigenvalue weighted by Crippen LogP contribution is 2.22. The van der Waals surface area contributed by atoms with E-state index in [1.165, 1.54) is 0 Å². The zero-order valence-electron chi connectivity index (χ0n) is 13.3. The van der Waals surface area contributed by atoms with Crippen molar-refractivity contribution < 1.29 is 13.2 Å². The van der Waals surface area contributed by atoms with E-state index in [9.17, 15) is 8.42 Å². The van der Waals surface area contributed by atoms with Gasteiger partial charge in [0.25, 0.3) is 0 Å². The average molecular weight is 349 g/mol. The number of sulfonamides is 1. The van der Waals surface area contributed by atoms with E-state index in [1.807, 2.05) is 13.8 Å². The minimum Gasteiger partial charge on any atom is -0.496 e. The van der Waals surface area contributed by atoms with Gasteiger partial charge < -0.3 is 10.1 Å². The van der Waals surface area contributed by atoms with E-state index < -0.39 is 10.0 Å². The van der Waals surface area contributed by atoms with E-state index >= 15 is 0 Å². The molecule has 2 unspecified atom stereocenters. The lowest BCUT2D eigenvalue weighted by molar-refractivity contribution is 0.320. The third-order valence-electron chi connectivity index (χ3n) is 4.06. The first-order chi connectivity index (χ1) is 9.94. The van der Waals surface area contributed by atoms with E-state index in [1.54, 1.807) is 25.3 Å². The van der Waals surface area contributed by atoms with Gasteiger partial charge in [-0.05, 0) is 69.5 Å².